The number of sulfonamides is 1. The SMILES string of the molecule is CC(C)CCNC(=O)C(Cc1ccccc1)N(Cc1ccc(F)cc1)C(=O)COc1ccc(S(=O)(=O)N2CCOCC2)cc1. The summed E-state index contributed by atoms with van der Waals surface area (Å²) in [6.45, 7) is 5.55. The summed E-state index contributed by atoms with van der Waals surface area (Å²) in [7, 11) is -3.67. The van der Waals surface area contributed by atoms with Crippen molar-refractivity contribution in [2.24, 2.45) is 5.92 Å². The molecular weight excluding hydrogens is 585 g/mol. The lowest BCUT2D eigenvalue weighted by Crippen LogP contribution is -2.52. The average Bonchev–Trinajstić information content (AvgIpc) is 3.03. The van der Waals surface area contributed by atoms with Crippen LogP contribution in [0.3, 0.4) is 0 Å². The molecule has 0 aliphatic carbocycles. The number of rotatable bonds is 14. The van der Waals surface area contributed by atoms with E-state index in [0.29, 0.717) is 37.0 Å². The molecule has 1 heterocycles. The van der Waals surface area contributed by atoms with Gasteiger partial charge in [0.15, 0.2) is 6.61 Å². The van der Waals surface area contributed by atoms with Gasteiger partial charge in [-0.05, 0) is 59.9 Å². The molecular formula is C33H40FN3O6S. The number of halogens is 1. The van der Waals surface area contributed by atoms with Crippen molar-refractivity contribution in [1.29, 1.82) is 0 Å². The number of hydrogen-bond donors (Lipinski definition) is 1. The van der Waals surface area contributed by atoms with E-state index in [4.69, 9.17) is 9.47 Å². The number of morpholine rings is 1. The Morgan fingerprint density at radius 2 is 1.61 bits per heavy atom. The molecule has 9 nitrogen and oxygen atoms in total. The lowest BCUT2D eigenvalue weighted by molar-refractivity contribution is -0.142. The fraction of sp³-hybridized carbons (Fsp3) is 0.394. The molecule has 3 aromatic carbocycles. The minimum atomic E-state index is -3.67. The molecule has 0 bridgehead atoms. The van der Waals surface area contributed by atoms with Gasteiger partial charge in [0.05, 0.1) is 18.1 Å². The van der Waals surface area contributed by atoms with Crippen molar-refractivity contribution in [2.75, 3.05) is 39.5 Å². The summed E-state index contributed by atoms with van der Waals surface area (Å²) in [6, 6.07) is 20.3. The topological polar surface area (TPSA) is 105 Å². The van der Waals surface area contributed by atoms with Crippen LogP contribution in [0.5, 0.6) is 5.75 Å². The van der Waals surface area contributed by atoms with E-state index in [2.05, 4.69) is 19.2 Å². The zero-order valence-electron chi connectivity index (χ0n) is 25.2. The van der Waals surface area contributed by atoms with E-state index >= 15 is 0 Å². The molecule has 0 spiro atoms. The first-order valence-corrected chi connectivity index (χ1v) is 16.2. The Kier molecular flexibility index (Phi) is 11.9. The quantitative estimate of drug-likeness (QED) is 0.290. The van der Waals surface area contributed by atoms with E-state index in [9.17, 15) is 22.4 Å². The molecule has 0 radical (unpaired) electrons. The highest BCUT2D eigenvalue weighted by Crippen LogP contribution is 2.21. The van der Waals surface area contributed by atoms with Crippen LogP contribution in [0.4, 0.5) is 4.39 Å². The second kappa shape index (κ2) is 15.8. The van der Waals surface area contributed by atoms with Gasteiger partial charge in [-0.1, -0.05) is 56.3 Å². The van der Waals surface area contributed by atoms with Gasteiger partial charge in [0.1, 0.15) is 17.6 Å². The third kappa shape index (κ3) is 9.35. The Bertz CT molecular complexity index is 1460. The van der Waals surface area contributed by atoms with Crippen LogP contribution in [0.25, 0.3) is 0 Å². The fourth-order valence-electron chi connectivity index (χ4n) is 4.81. The molecule has 2 amide bonds. The average molecular weight is 626 g/mol. The minimum absolute atomic E-state index is 0.0638. The van der Waals surface area contributed by atoms with Gasteiger partial charge in [0, 0.05) is 32.6 Å². The molecule has 1 N–H and O–H groups in total. The third-order valence-electron chi connectivity index (χ3n) is 7.35. The Morgan fingerprint density at radius 3 is 2.25 bits per heavy atom. The summed E-state index contributed by atoms with van der Waals surface area (Å²) in [4.78, 5) is 28.9. The second-order valence-corrected chi connectivity index (χ2v) is 13.0. The van der Waals surface area contributed by atoms with E-state index in [0.717, 1.165) is 12.0 Å². The summed E-state index contributed by atoms with van der Waals surface area (Å²) in [5.41, 5.74) is 1.54. The first-order chi connectivity index (χ1) is 21.1. The summed E-state index contributed by atoms with van der Waals surface area (Å²) in [6.07, 6.45) is 1.06. The Hall–Kier alpha value is -3.80. The summed E-state index contributed by atoms with van der Waals surface area (Å²) < 4.78 is 52.0. The van der Waals surface area contributed by atoms with Crippen molar-refractivity contribution < 1.29 is 31.9 Å². The first kappa shape index (κ1) is 33.1. The molecule has 11 heteroatoms. The molecule has 1 saturated heterocycles. The maximum atomic E-state index is 13.8. The summed E-state index contributed by atoms with van der Waals surface area (Å²) >= 11 is 0. The number of carbonyl (C=O) groups excluding carboxylic acids is 2. The molecule has 0 aromatic heterocycles. The van der Waals surface area contributed by atoms with E-state index in [1.54, 1.807) is 12.1 Å². The zero-order valence-corrected chi connectivity index (χ0v) is 26.0. The Morgan fingerprint density at radius 1 is 0.955 bits per heavy atom. The van der Waals surface area contributed by atoms with E-state index < -0.39 is 27.8 Å². The van der Waals surface area contributed by atoms with Crippen LogP contribution >= 0.6 is 0 Å². The van der Waals surface area contributed by atoms with Crippen LogP contribution in [0, 0.1) is 11.7 Å². The van der Waals surface area contributed by atoms with Crippen LogP contribution in [0.1, 0.15) is 31.4 Å². The fourth-order valence-corrected chi connectivity index (χ4v) is 6.22. The predicted octanol–water partition coefficient (Wildman–Crippen LogP) is 4.03. The highest BCUT2D eigenvalue weighted by atomic mass is 32.2. The summed E-state index contributed by atoms with van der Waals surface area (Å²) in [5.74, 6) is -0.436. The summed E-state index contributed by atoms with van der Waals surface area (Å²) in [5, 5.41) is 2.98. The number of nitrogens with zero attached hydrogens (tertiary/aromatic N) is 2. The monoisotopic (exact) mass is 625 g/mol. The third-order valence-corrected chi connectivity index (χ3v) is 9.26. The van der Waals surface area contributed by atoms with Gasteiger partial charge in [-0.15, -0.1) is 0 Å². The number of amides is 2. The van der Waals surface area contributed by atoms with Crippen LogP contribution < -0.4 is 10.1 Å². The molecule has 1 aliphatic heterocycles. The minimum Gasteiger partial charge on any atom is -0.484 e. The van der Waals surface area contributed by atoms with Gasteiger partial charge < -0.3 is 19.7 Å². The van der Waals surface area contributed by atoms with Gasteiger partial charge >= 0.3 is 0 Å². The largest absolute Gasteiger partial charge is 0.484 e. The van der Waals surface area contributed by atoms with Crippen LogP contribution in [-0.2, 0) is 37.3 Å². The van der Waals surface area contributed by atoms with Crippen molar-refractivity contribution >= 4 is 21.8 Å². The number of nitrogens with one attached hydrogen (secondary N) is 1. The molecule has 44 heavy (non-hydrogen) atoms. The van der Waals surface area contributed by atoms with Crippen molar-refractivity contribution in [3.63, 3.8) is 0 Å². The van der Waals surface area contributed by atoms with Gasteiger partial charge in [0.25, 0.3) is 5.91 Å². The number of ether oxygens (including phenoxy) is 2. The molecule has 236 valence electrons. The van der Waals surface area contributed by atoms with E-state index in [1.165, 1.54) is 45.6 Å². The first-order valence-electron chi connectivity index (χ1n) is 14.8. The molecule has 1 fully saturated rings. The van der Waals surface area contributed by atoms with Crippen molar-refractivity contribution in [3.05, 3.63) is 95.8 Å². The maximum absolute atomic E-state index is 13.8. The molecule has 4 rings (SSSR count). The molecule has 1 atom stereocenters. The van der Waals surface area contributed by atoms with Crippen LogP contribution in [0.2, 0.25) is 0 Å². The van der Waals surface area contributed by atoms with Gasteiger partial charge in [-0.3, -0.25) is 9.59 Å². The normalized spacial score (nSPS) is 14.6. The molecule has 1 aliphatic rings. The van der Waals surface area contributed by atoms with Crippen LogP contribution in [-0.4, -0.2) is 74.9 Å². The van der Waals surface area contributed by atoms with E-state index in [1.807, 2.05) is 30.3 Å². The Labute approximate surface area is 259 Å². The highest BCUT2D eigenvalue weighted by Gasteiger charge is 2.31. The Balaban J connectivity index is 1.53. The number of hydrogen-bond acceptors (Lipinski definition) is 6. The van der Waals surface area contributed by atoms with Crippen molar-refractivity contribution in [3.8, 4) is 5.75 Å². The van der Waals surface area contributed by atoms with Crippen LogP contribution in [0.15, 0.2) is 83.8 Å². The van der Waals surface area contributed by atoms with Crippen molar-refractivity contribution in [1.82, 2.24) is 14.5 Å². The second-order valence-electron chi connectivity index (χ2n) is 11.1. The zero-order chi connectivity index (χ0) is 31.5. The smallest absolute Gasteiger partial charge is 0.261 e. The standard InChI is InChI=1S/C33H40FN3O6S/c1-25(2)16-17-35-33(39)31(22-26-6-4-3-5-7-26)37(23-27-8-10-28(34)11-9-27)32(38)24-43-29-12-14-30(15-13-29)44(40,41)36-18-20-42-21-19-36/h3-15,25,31H,16-24H2,1-2H3,(H,35,39). The lowest BCUT2D eigenvalue weighted by atomic mass is 10.0. The van der Waals surface area contributed by atoms with Gasteiger partial charge in [-0.2, -0.15) is 4.31 Å². The van der Waals surface area contributed by atoms with E-state index in [-0.39, 0.29) is 43.5 Å². The number of benzene rings is 3. The van der Waals surface area contributed by atoms with Crippen molar-refractivity contribution in [2.45, 2.75) is 44.2 Å². The van der Waals surface area contributed by atoms with Gasteiger partial charge in [0.2, 0.25) is 15.9 Å². The maximum Gasteiger partial charge on any atom is 0.261 e. The molecule has 3 aromatic rings. The van der Waals surface area contributed by atoms with Gasteiger partial charge in [-0.25, -0.2) is 12.8 Å². The molecule has 0 saturated carbocycles. The predicted molar refractivity (Wildman–Crippen MR) is 165 cm³/mol. The lowest BCUT2D eigenvalue weighted by Gasteiger charge is -2.31. The molecule has 1 unspecified atom stereocenters. The number of carbonyl (C=O) groups is 2. The highest BCUT2D eigenvalue weighted by molar-refractivity contribution is 7.89.